The van der Waals surface area contributed by atoms with Crippen molar-refractivity contribution in [3.63, 3.8) is 0 Å². The summed E-state index contributed by atoms with van der Waals surface area (Å²) in [5.74, 6) is 0.933. The monoisotopic (exact) mass is 401 g/mol. The van der Waals surface area contributed by atoms with Crippen molar-refractivity contribution in [1.29, 1.82) is 0 Å². The van der Waals surface area contributed by atoms with Gasteiger partial charge in [0, 0.05) is 36.6 Å². The Morgan fingerprint density at radius 3 is 2.36 bits per heavy atom. The Balaban J connectivity index is 2.54. The topological polar surface area (TPSA) is 21.7 Å². The summed E-state index contributed by atoms with van der Waals surface area (Å²) in [7, 11) is 2.32. The zero-order valence-corrected chi connectivity index (χ0v) is 19.6. The largest absolute Gasteiger partial charge is 0.467 e. The van der Waals surface area contributed by atoms with Crippen LogP contribution in [-0.2, 0) is 9.89 Å². The third kappa shape index (κ3) is 5.07. The van der Waals surface area contributed by atoms with Gasteiger partial charge in [0.05, 0.1) is 0 Å². The highest BCUT2D eigenvalue weighted by Gasteiger charge is 2.30. The molecule has 0 N–H and O–H groups in total. The highest BCUT2D eigenvalue weighted by Crippen LogP contribution is 2.49. The second-order valence-electron chi connectivity index (χ2n) is 7.50. The van der Waals surface area contributed by atoms with Crippen molar-refractivity contribution in [2.75, 3.05) is 31.9 Å². The molecule has 0 aliphatic carbocycles. The Kier molecular flexibility index (Phi) is 8.34. The molecule has 2 unspecified atom stereocenters. The zero-order chi connectivity index (χ0) is 20.7. The van der Waals surface area contributed by atoms with Crippen LogP contribution in [0.5, 0.6) is 5.75 Å². The first-order valence-electron chi connectivity index (χ1n) is 10.3. The van der Waals surface area contributed by atoms with Crippen LogP contribution in [0.25, 0.3) is 0 Å². The van der Waals surface area contributed by atoms with Gasteiger partial charge in [0.1, 0.15) is 5.75 Å². The van der Waals surface area contributed by atoms with E-state index in [0.717, 1.165) is 25.3 Å². The summed E-state index contributed by atoms with van der Waals surface area (Å²) >= 11 is 0. The van der Waals surface area contributed by atoms with E-state index >= 15 is 0 Å². The van der Waals surface area contributed by atoms with Gasteiger partial charge in [-0.3, -0.25) is 0 Å². The zero-order valence-electron chi connectivity index (χ0n) is 18.6. The van der Waals surface area contributed by atoms with Gasteiger partial charge in [0.15, 0.2) is 6.79 Å². The minimum absolute atomic E-state index is 0.00309. The van der Waals surface area contributed by atoms with Crippen molar-refractivity contribution in [2.45, 2.75) is 53.1 Å². The number of methoxy groups -OCH3 is 1. The van der Waals surface area contributed by atoms with Gasteiger partial charge in [-0.05, 0) is 57.1 Å². The molecule has 0 spiro atoms. The first kappa shape index (κ1) is 22.7. The van der Waals surface area contributed by atoms with E-state index in [-0.39, 0.29) is 11.9 Å². The van der Waals surface area contributed by atoms with Crippen molar-refractivity contribution in [2.24, 2.45) is 0 Å². The van der Waals surface area contributed by atoms with Gasteiger partial charge in [-0.1, -0.05) is 52.3 Å². The first-order chi connectivity index (χ1) is 13.4. The molecule has 0 aliphatic heterocycles. The molecule has 2 rings (SSSR count). The quantitative estimate of drug-likeness (QED) is 0.373. The summed E-state index contributed by atoms with van der Waals surface area (Å²) < 4.78 is 11.1. The number of hydrogen-bond acceptors (Lipinski definition) is 3. The van der Waals surface area contributed by atoms with E-state index in [2.05, 4.69) is 82.8 Å². The summed E-state index contributed by atoms with van der Waals surface area (Å²) in [5, 5.41) is 1.47. The number of aryl methyl sites for hydroxylation is 2. The van der Waals surface area contributed by atoms with Crippen LogP contribution in [0.2, 0.25) is 0 Å². The van der Waals surface area contributed by atoms with E-state index in [1.54, 1.807) is 7.11 Å². The van der Waals surface area contributed by atoms with Crippen molar-refractivity contribution < 1.29 is 9.47 Å². The van der Waals surface area contributed by atoms with E-state index in [1.807, 2.05) is 0 Å². The van der Waals surface area contributed by atoms with E-state index in [4.69, 9.17) is 9.47 Å². The van der Waals surface area contributed by atoms with Crippen LogP contribution in [0.3, 0.4) is 0 Å². The molecule has 154 valence electrons. The third-order valence-electron chi connectivity index (χ3n) is 5.52. The standard InChI is InChI=1S/C24H36NO2P/c1-8-24(6,20-16-18(4)14-15-22(20)27-17-26-7)28-23-19(5)12-11-13-21(23)25(9-2)10-3/h11-16,28H,8-10,17H2,1-7H3. The highest BCUT2D eigenvalue weighted by atomic mass is 31.1. The molecular weight excluding hydrogens is 365 g/mol. The third-order valence-corrected chi connectivity index (χ3v) is 7.60. The average Bonchev–Trinajstić information content (AvgIpc) is 2.70. The molecule has 0 bridgehead atoms. The van der Waals surface area contributed by atoms with Crippen LogP contribution >= 0.6 is 8.58 Å². The molecule has 0 aromatic heterocycles. The maximum Gasteiger partial charge on any atom is 0.188 e. The molecule has 0 amide bonds. The van der Waals surface area contributed by atoms with Gasteiger partial charge in [-0.25, -0.2) is 0 Å². The van der Waals surface area contributed by atoms with Crippen molar-refractivity contribution >= 4 is 19.6 Å². The van der Waals surface area contributed by atoms with E-state index in [9.17, 15) is 0 Å². The number of anilines is 1. The lowest BCUT2D eigenvalue weighted by molar-refractivity contribution is 0.0500. The molecule has 2 atom stereocenters. The van der Waals surface area contributed by atoms with Crippen LogP contribution in [-0.4, -0.2) is 27.0 Å². The second kappa shape index (κ2) is 10.3. The number of rotatable bonds is 10. The van der Waals surface area contributed by atoms with Gasteiger partial charge >= 0.3 is 0 Å². The van der Waals surface area contributed by atoms with Crippen molar-refractivity contribution in [1.82, 2.24) is 0 Å². The SMILES string of the molecule is CCN(CC)c1cccc(C)c1PC(C)(CC)c1cc(C)ccc1OCOC. The lowest BCUT2D eigenvalue weighted by atomic mass is 9.95. The number of benzene rings is 2. The average molecular weight is 402 g/mol. The number of ether oxygens (including phenoxy) is 2. The minimum atomic E-state index is 0.00309. The van der Waals surface area contributed by atoms with Gasteiger partial charge in [-0.15, -0.1) is 0 Å². The fourth-order valence-corrected chi connectivity index (χ4v) is 5.30. The van der Waals surface area contributed by atoms with Crippen LogP contribution in [0.15, 0.2) is 36.4 Å². The Bertz CT molecular complexity index is 773. The lowest BCUT2D eigenvalue weighted by Crippen LogP contribution is -2.29. The summed E-state index contributed by atoms with van der Waals surface area (Å²) in [4.78, 5) is 2.46. The van der Waals surface area contributed by atoms with Crippen molar-refractivity contribution in [3.05, 3.63) is 53.1 Å². The minimum Gasteiger partial charge on any atom is -0.467 e. The molecule has 0 saturated heterocycles. The van der Waals surface area contributed by atoms with Crippen LogP contribution in [0.1, 0.15) is 50.8 Å². The second-order valence-corrected chi connectivity index (χ2v) is 9.36. The summed E-state index contributed by atoms with van der Waals surface area (Å²) in [6.45, 7) is 15.8. The van der Waals surface area contributed by atoms with Gasteiger partial charge in [-0.2, -0.15) is 0 Å². The maximum atomic E-state index is 5.95. The summed E-state index contributed by atoms with van der Waals surface area (Å²) in [6, 6.07) is 13.2. The summed E-state index contributed by atoms with van der Waals surface area (Å²) in [6.07, 6.45) is 1.05. The lowest BCUT2D eigenvalue weighted by Gasteiger charge is -2.34. The van der Waals surface area contributed by atoms with E-state index < -0.39 is 0 Å². The predicted molar refractivity (Wildman–Crippen MR) is 124 cm³/mol. The molecular formula is C24H36NO2P. The number of hydrogen-bond donors (Lipinski definition) is 0. The predicted octanol–water partition coefficient (Wildman–Crippen LogP) is 5.76. The van der Waals surface area contributed by atoms with Gasteiger partial charge in [0.25, 0.3) is 0 Å². The Morgan fingerprint density at radius 2 is 1.75 bits per heavy atom. The Hall–Kier alpha value is -1.57. The smallest absolute Gasteiger partial charge is 0.188 e. The van der Waals surface area contributed by atoms with E-state index in [0.29, 0.717) is 8.58 Å². The van der Waals surface area contributed by atoms with Crippen molar-refractivity contribution in [3.8, 4) is 5.75 Å². The van der Waals surface area contributed by atoms with Gasteiger partial charge in [0.2, 0.25) is 0 Å². The molecule has 0 aliphatic rings. The van der Waals surface area contributed by atoms with Crippen LogP contribution in [0, 0.1) is 13.8 Å². The highest BCUT2D eigenvalue weighted by molar-refractivity contribution is 7.49. The molecule has 2 aromatic carbocycles. The van der Waals surface area contributed by atoms with Crippen LogP contribution in [0.4, 0.5) is 5.69 Å². The van der Waals surface area contributed by atoms with Gasteiger partial charge < -0.3 is 14.4 Å². The Labute approximate surface area is 173 Å². The fraction of sp³-hybridized carbons (Fsp3) is 0.500. The maximum absolute atomic E-state index is 5.95. The molecule has 3 nitrogen and oxygen atoms in total. The molecule has 28 heavy (non-hydrogen) atoms. The molecule has 4 heteroatoms. The number of nitrogens with zero attached hydrogens (tertiary/aromatic N) is 1. The van der Waals surface area contributed by atoms with E-state index in [1.165, 1.54) is 27.7 Å². The fourth-order valence-electron chi connectivity index (χ4n) is 3.59. The molecule has 0 saturated carbocycles. The summed E-state index contributed by atoms with van der Waals surface area (Å²) in [5.41, 5.74) is 5.28. The molecule has 0 fully saturated rings. The van der Waals surface area contributed by atoms with Crippen LogP contribution < -0.4 is 14.9 Å². The molecule has 0 heterocycles. The Morgan fingerprint density at radius 1 is 1.04 bits per heavy atom. The normalized spacial score (nSPS) is 13.7. The molecule has 0 radical (unpaired) electrons. The first-order valence-corrected chi connectivity index (χ1v) is 11.3. The molecule has 2 aromatic rings.